The molecule has 1 aliphatic rings. The molecule has 1 N–H and O–H groups in total. The zero-order valence-corrected chi connectivity index (χ0v) is 17.4. The van der Waals surface area contributed by atoms with Crippen LogP contribution in [0.15, 0.2) is 54.6 Å². The molecule has 0 unspecified atom stereocenters. The van der Waals surface area contributed by atoms with E-state index in [9.17, 15) is 9.59 Å². The Hall–Kier alpha value is -3.41. The minimum atomic E-state index is -0.104. The predicted molar refractivity (Wildman–Crippen MR) is 120 cm³/mol. The third-order valence-electron chi connectivity index (χ3n) is 5.50. The van der Waals surface area contributed by atoms with Gasteiger partial charge in [0.15, 0.2) is 0 Å². The number of pyridine rings is 1. The number of piperazine rings is 1. The fourth-order valence-corrected chi connectivity index (χ4v) is 3.87. The molecule has 0 bridgehead atoms. The number of nitrogens with one attached hydrogen (secondary N) is 1. The van der Waals surface area contributed by atoms with Crippen molar-refractivity contribution >= 4 is 34.2 Å². The van der Waals surface area contributed by atoms with Crippen LogP contribution in [0.25, 0.3) is 10.9 Å². The normalized spacial score (nSPS) is 14.1. The number of para-hydroxylation sites is 1. The van der Waals surface area contributed by atoms with Crippen molar-refractivity contribution in [2.45, 2.75) is 20.3 Å². The van der Waals surface area contributed by atoms with Crippen LogP contribution >= 0.6 is 0 Å². The van der Waals surface area contributed by atoms with Crippen LogP contribution in [-0.4, -0.2) is 47.9 Å². The fraction of sp³-hybridized carbons (Fsp3) is 0.292. The topological polar surface area (TPSA) is 65.5 Å². The van der Waals surface area contributed by atoms with Gasteiger partial charge in [-0.05, 0) is 42.3 Å². The number of hydrogen-bond acceptors (Lipinski definition) is 4. The van der Waals surface area contributed by atoms with E-state index in [1.807, 2.05) is 47.4 Å². The summed E-state index contributed by atoms with van der Waals surface area (Å²) < 4.78 is 0. The summed E-state index contributed by atoms with van der Waals surface area (Å²) in [5, 5.41) is 3.92. The van der Waals surface area contributed by atoms with Crippen LogP contribution in [-0.2, 0) is 16.0 Å². The highest BCUT2D eigenvalue weighted by molar-refractivity contribution is 5.88. The molecule has 1 saturated heterocycles. The molecule has 6 nitrogen and oxygen atoms in total. The van der Waals surface area contributed by atoms with Crippen LogP contribution in [0.3, 0.4) is 0 Å². The molecule has 154 valence electrons. The van der Waals surface area contributed by atoms with Crippen LogP contribution in [0.2, 0.25) is 0 Å². The van der Waals surface area contributed by atoms with Crippen molar-refractivity contribution in [2.75, 3.05) is 36.4 Å². The monoisotopic (exact) mass is 402 g/mol. The van der Waals surface area contributed by atoms with E-state index >= 15 is 0 Å². The van der Waals surface area contributed by atoms with Gasteiger partial charge in [-0.1, -0.05) is 30.3 Å². The van der Waals surface area contributed by atoms with Crippen LogP contribution in [0.4, 0.5) is 11.5 Å². The molecule has 0 spiro atoms. The second kappa shape index (κ2) is 8.53. The molecule has 1 aliphatic heterocycles. The summed E-state index contributed by atoms with van der Waals surface area (Å²) in [6.07, 6.45) is 0.369. The summed E-state index contributed by atoms with van der Waals surface area (Å²) in [7, 11) is 0. The minimum Gasteiger partial charge on any atom is -0.353 e. The van der Waals surface area contributed by atoms with E-state index in [-0.39, 0.29) is 11.8 Å². The predicted octanol–water partition coefficient (Wildman–Crippen LogP) is 3.39. The highest BCUT2D eigenvalue weighted by atomic mass is 16.2. The standard InChI is InChI=1S/C24H26N4O2/c1-17-15-23(26-22-6-4-3-5-21(17)22)27-11-13-28(14-12-27)24(30)16-19-7-9-20(10-8-19)25-18(2)29/h3-10,15H,11-14,16H2,1-2H3,(H,25,29). The lowest BCUT2D eigenvalue weighted by atomic mass is 10.1. The van der Waals surface area contributed by atoms with E-state index in [4.69, 9.17) is 4.98 Å². The molecule has 0 saturated carbocycles. The summed E-state index contributed by atoms with van der Waals surface area (Å²) in [5.74, 6) is 1.00. The number of amides is 2. The van der Waals surface area contributed by atoms with Crippen molar-refractivity contribution in [1.29, 1.82) is 0 Å². The van der Waals surface area contributed by atoms with Gasteiger partial charge in [0.1, 0.15) is 5.82 Å². The first kappa shape index (κ1) is 19.9. The number of rotatable bonds is 4. The number of anilines is 2. The Morgan fingerprint density at radius 1 is 1.00 bits per heavy atom. The van der Waals surface area contributed by atoms with Crippen LogP contribution in [0.5, 0.6) is 0 Å². The second-order valence-electron chi connectivity index (χ2n) is 7.74. The Bertz CT molecular complexity index is 1070. The average molecular weight is 402 g/mol. The fourth-order valence-electron chi connectivity index (χ4n) is 3.87. The maximum absolute atomic E-state index is 12.7. The number of nitrogens with zero attached hydrogens (tertiary/aromatic N) is 3. The molecule has 2 amide bonds. The van der Waals surface area contributed by atoms with Crippen molar-refractivity contribution < 1.29 is 9.59 Å². The minimum absolute atomic E-state index is 0.104. The van der Waals surface area contributed by atoms with Gasteiger partial charge in [0.25, 0.3) is 0 Å². The van der Waals surface area contributed by atoms with E-state index in [0.717, 1.165) is 35.7 Å². The van der Waals surface area contributed by atoms with E-state index in [0.29, 0.717) is 19.5 Å². The molecule has 6 heteroatoms. The second-order valence-corrected chi connectivity index (χ2v) is 7.74. The number of carbonyl (C=O) groups excluding carboxylic acids is 2. The molecule has 0 atom stereocenters. The largest absolute Gasteiger partial charge is 0.353 e. The van der Waals surface area contributed by atoms with E-state index < -0.39 is 0 Å². The average Bonchev–Trinajstić information content (AvgIpc) is 2.75. The van der Waals surface area contributed by atoms with Gasteiger partial charge in [-0.2, -0.15) is 0 Å². The first-order valence-corrected chi connectivity index (χ1v) is 10.3. The van der Waals surface area contributed by atoms with Gasteiger partial charge in [0.05, 0.1) is 11.9 Å². The van der Waals surface area contributed by atoms with Gasteiger partial charge in [-0.25, -0.2) is 4.98 Å². The molecule has 1 fully saturated rings. The molecule has 1 aromatic heterocycles. The summed E-state index contributed by atoms with van der Waals surface area (Å²) in [4.78, 5) is 32.8. The summed E-state index contributed by atoms with van der Waals surface area (Å²) in [6.45, 7) is 6.53. The molecular formula is C24H26N4O2. The molecule has 3 aromatic rings. The lowest BCUT2D eigenvalue weighted by Crippen LogP contribution is -2.49. The SMILES string of the molecule is CC(=O)Nc1ccc(CC(=O)N2CCN(c3cc(C)c4ccccc4n3)CC2)cc1. The zero-order valence-electron chi connectivity index (χ0n) is 17.4. The van der Waals surface area contributed by atoms with Gasteiger partial charge < -0.3 is 15.1 Å². The third kappa shape index (κ3) is 4.43. The highest BCUT2D eigenvalue weighted by Gasteiger charge is 2.22. The van der Waals surface area contributed by atoms with Crippen molar-refractivity contribution in [3.05, 3.63) is 65.7 Å². The Morgan fingerprint density at radius 3 is 2.40 bits per heavy atom. The Morgan fingerprint density at radius 2 is 1.70 bits per heavy atom. The van der Waals surface area contributed by atoms with Crippen LogP contribution < -0.4 is 10.2 Å². The molecular weight excluding hydrogens is 376 g/mol. The first-order valence-electron chi connectivity index (χ1n) is 10.3. The molecule has 0 radical (unpaired) electrons. The van der Waals surface area contributed by atoms with Crippen LogP contribution in [0.1, 0.15) is 18.1 Å². The quantitative estimate of drug-likeness (QED) is 0.727. The maximum atomic E-state index is 12.7. The van der Waals surface area contributed by atoms with Crippen molar-refractivity contribution in [3.63, 3.8) is 0 Å². The summed E-state index contributed by atoms with van der Waals surface area (Å²) in [5.41, 5.74) is 3.92. The Balaban J connectivity index is 1.36. The van der Waals surface area contributed by atoms with Gasteiger partial charge in [-0.3, -0.25) is 9.59 Å². The first-order chi connectivity index (χ1) is 14.5. The number of fused-ring (bicyclic) bond motifs is 1. The zero-order chi connectivity index (χ0) is 21.1. The van der Waals surface area contributed by atoms with Gasteiger partial charge in [-0.15, -0.1) is 0 Å². The van der Waals surface area contributed by atoms with E-state index in [1.54, 1.807) is 0 Å². The Labute approximate surface area is 176 Å². The number of carbonyl (C=O) groups is 2. The van der Waals surface area contributed by atoms with Gasteiger partial charge in [0, 0.05) is 44.2 Å². The van der Waals surface area contributed by atoms with Gasteiger partial charge >= 0.3 is 0 Å². The number of aryl methyl sites for hydroxylation is 1. The number of hydrogen-bond donors (Lipinski definition) is 1. The van der Waals surface area contributed by atoms with Crippen molar-refractivity contribution in [2.24, 2.45) is 0 Å². The molecule has 4 rings (SSSR count). The summed E-state index contributed by atoms with van der Waals surface area (Å²) in [6, 6.07) is 17.8. The van der Waals surface area contributed by atoms with Gasteiger partial charge in [0.2, 0.25) is 11.8 Å². The molecule has 0 aliphatic carbocycles. The Kier molecular flexibility index (Phi) is 5.65. The molecule has 30 heavy (non-hydrogen) atoms. The number of aromatic nitrogens is 1. The molecule has 2 aromatic carbocycles. The lowest BCUT2D eigenvalue weighted by molar-refractivity contribution is -0.130. The molecule has 2 heterocycles. The van der Waals surface area contributed by atoms with Crippen molar-refractivity contribution in [1.82, 2.24) is 9.88 Å². The maximum Gasteiger partial charge on any atom is 0.227 e. The van der Waals surface area contributed by atoms with E-state index in [2.05, 4.69) is 29.3 Å². The highest BCUT2D eigenvalue weighted by Crippen LogP contribution is 2.23. The summed E-state index contributed by atoms with van der Waals surface area (Å²) >= 11 is 0. The third-order valence-corrected chi connectivity index (χ3v) is 5.50. The van der Waals surface area contributed by atoms with E-state index in [1.165, 1.54) is 17.9 Å². The lowest BCUT2D eigenvalue weighted by Gasteiger charge is -2.35. The van der Waals surface area contributed by atoms with Crippen LogP contribution in [0, 0.1) is 6.92 Å². The smallest absolute Gasteiger partial charge is 0.227 e. The van der Waals surface area contributed by atoms with Crippen molar-refractivity contribution in [3.8, 4) is 0 Å². The number of benzene rings is 2.